The van der Waals surface area contributed by atoms with E-state index in [9.17, 15) is 4.57 Å². The molecule has 11 heteroatoms. The molecule has 0 aliphatic heterocycles. The van der Waals surface area contributed by atoms with Crippen LogP contribution in [0.15, 0.2) is 0 Å². The molecule has 0 saturated heterocycles. The molecular weight excluding hydrogens is 361 g/mol. The van der Waals surface area contributed by atoms with Gasteiger partial charge in [-0.2, -0.15) is 0 Å². The third kappa shape index (κ3) is 17.1. The van der Waals surface area contributed by atoms with E-state index in [-0.39, 0.29) is 6.61 Å². The third-order valence-electron chi connectivity index (χ3n) is 2.46. The van der Waals surface area contributed by atoms with Crippen LogP contribution in [0.2, 0.25) is 0 Å². The molecule has 0 aromatic heterocycles. The topological polar surface area (TPSA) is 109 Å². The average Bonchev–Trinajstić information content (AvgIpc) is 2.43. The van der Waals surface area contributed by atoms with Gasteiger partial charge >= 0.3 is 15.8 Å². The van der Waals surface area contributed by atoms with Gasteiger partial charge in [0.15, 0.2) is 0 Å². The van der Waals surface area contributed by atoms with Crippen LogP contribution in [0.4, 0.5) is 0 Å². The van der Waals surface area contributed by atoms with Gasteiger partial charge in [0.25, 0.3) is 0 Å². The third-order valence-corrected chi connectivity index (χ3v) is 7.10. The highest BCUT2D eigenvalue weighted by Gasteiger charge is 2.29. The summed E-state index contributed by atoms with van der Waals surface area (Å²) < 4.78 is 26.5. The Kier molecular flexibility index (Phi) is 16.6. The molecule has 0 aliphatic carbocycles. The van der Waals surface area contributed by atoms with Gasteiger partial charge in [-0.25, -0.2) is 4.57 Å². The van der Waals surface area contributed by atoms with Crippen LogP contribution in [0.1, 0.15) is 34.6 Å². The molecule has 0 fully saturated rings. The molecule has 0 bridgehead atoms. The highest BCUT2D eigenvalue weighted by molar-refractivity contribution is 8.55. The summed E-state index contributed by atoms with van der Waals surface area (Å²) in [4.78, 5) is 26.4. The molecule has 0 aromatic carbocycles. The maximum Gasteiger partial charge on any atom is 0.671 e. The van der Waals surface area contributed by atoms with E-state index in [2.05, 4.69) is 23.2 Å². The van der Waals surface area contributed by atoms with E-state index in [1.165, 1.54) is 11.4 Å². The minimum absolute atomic E-state index is 0.121. The molecule has 0 saturated carbocycles. The van der Waals surface area contributed by atoms with Gasteiger partial charge in [-0.1, -0.05) is 13.8 Å². The first-order valence-electron chi connectivity index (χ1n) is 7.74. The fraction of sp³-hybridized carbons (Fsp3) is 1.00. The number of hydrogen-bond donors (Lipinski definition) is 3. The van der Waals surface area contributed by atoms with Gasteiger partial charge in [-0.05, 0) is 45.2 Å². The van der Waals surface area contributed by atoms with Gasteiger partial charge in [-0.15, -0.1) is 0 Å². The SMILES string of the molecule is CCOP(=O)(OCC)SCCN(CC)CC.CCO[Si](O)(O)O. The van der Waals surface area contributed by atoms with Crippen LogP contribution in [-0.4, -0.2) is 73.5 Å². The Bertz CT molecular complexity index is 306. The molecule has 0 rings (SSSR count). The summed E-state index contributed by atoms with van der Waals surface area (Å²) in [5.74, 6) is 0.777. The van der Waals surface area contributed by atoms with Crippen LogP contribution in [0.3, 0.4) is 0 Å². The summed E-state index contributed by atoms with van der Waals surface area (Å²) in [6, 6.07) is 0. The van der Waals surface area contributed by atoms with Crippen LogP contribution in [0, 0.1) is 0 Å². The summed E-state index contributed by atoms with van der Waals surface area (Å²) in [6.07, 6.45) is 0. The molecule has 23 heavy (non-hydrogen) atoms. The Labute approximate surface area is 144 Å². The van der Waals surface area contributed by atoms with Gasteiger partial charge in [0.1, 0.15) is 0 Å². The van der Waals surface area contributed by atoms with Crippen molar-refractivity contribution in [3.05, 3.63) is 0 Å². The quantitative estimate of drug-likeness (QED) is 0.337. The summed E-state index contributed by atoms with van der Waals surface area (Å²) in [5, 5.41) is 0. The monoisotopic (exact) mass is 393 g/mol. The van der Waals surface area contributed by atoms with Crippen LogP contribution in [-0.2, 0) is 18.0 Å². The van der Waals surface area contributed by atoms with Crippen molar-refractivity contribution in [1.29, 1.82) is 0 Å². The second-order valence-corrected chi connectivity index (χ2v) is 9.78. The van der Waals surface area contributed by atoms with Crippen LogP contribution in [0.5, 0.6) is 0 Å². The normalized spacial score (nSPS) is 12.2. The molecule has 0 spiro atoms. The van der Waals surface area contributed by atoms with Gasteiger partial charge in [-0.3, -0.25) is 0 Å². The maximum absolute atomic E-state index is 12.1. The first-order chi connectivity index (χ1) is 10.7. The first kappa shape index (κ1) is 25.8. The minimum atomic E-state index is -4.16. The van der Waals surface area contributed by atoms with Crippen molar-refractivity contribution in [3.63, 3.8) is 0 Å². The average molecular weight is 394 g/mol. The van der Waals surface area contributed by atoms with E-state index in [1.807, 2.05) is 13.8 Å². The molecule has 0 radical (unpaired) electrons. The molecule has 0 heterocycles. The van der Waals surface area contributed by atoms with Crippen LogP contribution >= 0.6 is 18.2 Å². The number of rotatable bonds is 12. The second-order valence-electron chi connectivity index (χ2n) is 4.15. The Hall–Kier alpha value is 0.517. The van der Waals surface area contributed by atoms with Gasteiger partial charge in [0.05, 0.1) is 13.2 Å². The lowest BCUT2D eigenvalue weighted by molar-refractivity contribution is 0.0687. The lowest BCUT2D eigenvalue weighted by Gasteiger charge is -2.20. The largest absolute Gasteiger partial charge is 0.671 e. The minimum Gasteiger partial charge on any atom is -0.368 e. The van der Waals surface area contributed by atoms with E-state index in [0.717, 1.165) is 25.4 Å². The van der Waals surface area contributed by atoms with E-state index >= 15 is 0 Å². The predicted molar refractivity (Wildman–Crippen MR) is 95.1 cm³/mol. The molecule has 142 valence electrons. The predicted octanol–water partition coefficient (Wildman–Crippen LogP) is 1.68. The zero-order chi connectivity index (χ0) is 18.4. The lowest BCUT2D eigenvalue weighted by Crippen LogP contribution is -2.38. The van der Waals surface area contributed by atoms with Crippen molar-refractivity contribution in [2.24, 2.45) is 0 Å². The molecule has 8 nitrogen and oxygen atoms in total. The van der Waals surface area contributed by atoms with E-state index in [1.54, 1.807) is 6.92 Å². The Morgan fingerprint density at radius 2 is 1.43 bits per heavy atom. The Morgan fingerprint density at radius 1 is 0.957 bits per heavy atom. The van der Waals surface area contributed by atoms with Gasteiger partial charge < -0.3 is 32.8 Å². The zero-order valence-corrected chi connectivity index (χ0v) is 17.4. The smallest absolute Gasteiger partial charge is 0.368 e. The summed E-state index contributed by atoms with van der Waals surface area (Å²) >= 11 is 1.30. The lowest BCUT2D eigenvalue weighted by atomic mass is 10.5. The molecule has 3 N–H and O–H groups in total. The van der Waals surface area contributed by atoms with Crippen LogP contribution in [0.25, 0.3) is 0 Å². The summed E-state index contributed by atoms with van der Waals surface area (Å²) in [5.41, 5.74) is 0. The second kappa shape index (κ2) is 14.8. The van der Waals surface area contributed by atoms with Crippen molar-refractivity contribution in [3.8, 4) is 0 Å². The van der Waals surface area contributed by atoms with Crippen molar-refractivity contribution < 1.29 is 32.4 Å². The van der Waals surface area contributed by atoms with Gasteiger partial charge in [0.2, 0.25) is 0 Å². The molecule has 0 unspecified atom stereocenters. The maximum atomic E-state index is 12.1. The van der Waals surface area contributed by atoms with Crippen molar-refractivity contribution in [2.45, 2.75) is 34.6 Å². The Balaban J connectivity index is 0. The standard InChI is InChI=1S/C10H24NO3PS.C2H8O4Si/c1-5-11(6-2)9-10-16-15(12,13-7-3)14-8-4;1-2-6-7(3,4)5/h5-10H2,1-4H3;3-5H,2H2,1H3. The molecule has 0 aromatic rings. The van der Waals surface area contributed by atoms with Gasteiger partial charge in [0, 0.05) is 18.9 Å². The van der Waals surface area contributed by atoms with Crippen molar-refractivity contribution in [2.75, 3.05) is 45.2 Å². The highest BCUT2D eigenvalue weighted by Crippen LogP contribution is 2.60. The molecule has 0 atom stereocenters. The highest BCUT2D eigenvalue weighted by atomic mass is 32.7. The number of nitrogens with zero attached hydrogens (tertiary/aromatic N) is 1. The van der Waals surface area contributed by atoms with Crippen molar-refractivity contribution >= 4 is 27.2 Å². The summed E-state index contributed by atoms with van der Waals surface area (Å²) in [6.45, 7) is 10.5. The fourth-order valence-electron chi connectivity index (χ4n) is 1.44. The van der Waals surface area contributed by atoms with E-state index in [0.29, 0.717) is 13.2 Å². The number of hydrogen-bond acceptors (Lipinski definition) is 9. The Morgan fingerprint density at radius 3 is 1.70 bits per heavy atom. The summed E-state index contributed by atoms with van der Waals surface area (Å²) in [7, 11) is -4.16. The van der Waals surface area contributed by atoms with E-state index < -0.39 is 15.8 Å². The molecular formula is C12H32NO7PSSi. The zero-order valence-electron chi connectivity index (χ0n) is 14.7. The molecule has 0 aliphatic rings. The van der Waals surface area contributed by atoms with Crippen molar-refractivity contribution in [1.82, 2.24) is 4.90 Å². The molecule has 0 amide bonds. The first-order valence-corrected chi connectivity index (χ1v) is 12.6. The fourth-order valence-corrected chi connectivity index (χ4v) is 5.25. The van der Waals surface area contributed by atoms with E-state index in [4.69, 9.17) is 23.4 Å². The van der Waals surface area contributed by atoms with Crippen LogP contribution < -0.4 is 0 Å².